The highest BCUT2D eigenvalue weighted by Crippen LogP contribution is 1.83. The van der Waals surface area contributed by atoms with E-state index in [1.165, 1.54) is 7.05 Å². The summed E-state index contributed by atoms with van der Waals surface area (Å²) in [4.78, 5) is 0. The summed E-state index contributed by atoms with van der Waals surface area (Å²) in [5, 5.41) is 12.6. The summed E-state index contributed by atoms with van der Waals surface area (Å²) in [5.41, 5.74) is 0. The van der Waals surface area contributed by atoms with Crippen LogP contribution >= 0.6 is 0 Å². The average molecular weight is 192 g/mol. The Morgan fingerprint density at radius 2 is 2.33 bits per heavy atom. The molecular formula is C3H8N6O2S. The van der Waals surface area contributed by atoms with Gasteiger partial charge >= 0.3 is 0 Å². The molecule has 9 heteroatoms. The molecule has 1 aromatic heterocycles. The molecule has 3 N–H and O–H groups in total. The van der Waals surface area contributed by atoms with Gasteiger partial charge in [0.25, 0.3) is 10.2 Å². The van der Waals surface area contributed by atoms with E-state index in [1.54, 1.807) is 0 Å². The topological polar surface area (TPSA) is 113 Å². The van der Waals surface area contributed by atoms with Crippen molar-refractivity contribution in [1.82, 2.24) is 30.1 Å². The minimum Gasteiger partial charge on any atom is -0.205 e. The number of aromatic nitrogens is 4. The monoisotopic (exact) mass is 192 g/mol. The Labute approximate surface area is 68.9 Å². The van der Waals surface area contributed by atoms with Crippen LogP contribution in [-0.2, 0) is 16.8 Å². The molecule has 12 heavy (non-hydrogen) atoms. The molecule has 0 aliphatic carbocycles. The van der Waals surface area contributed by atoms with E-state index in [4.69, 9.17) is 0 Å². The smallest absolute Gasteiger partial charge is 0.205 e. The third-order valence-electron chi connectivity index (χ3n) is 1.08. The maximum absolute atomic E-state index is 10.8. The highest BCUT2D eigenvalue weighted by Gasteiger charge is 2.06. The SMILES string of the molecule is CNS(=O)(=O)NCc1nn[nH]n1. The van der Waals surface area contributed by atoms with Crippen LogP contribution in [0.4, 0.5) is 0 Å². The van der Waals surface area contributed by atoms with Gasteiger partial charge in [-0.25, -0.2) is 4.72 Å². The maximum Gasteiger partial charge on any atom is 0.277 e. The molecule has 0 spiro atoms. The molecule has 1 rings (SSSR count). The molecule has 0 aliphatic heterocycles. The Morgan fingerprint density at radius 3 is 2.83 bits per heavy atom. The molecule has 1 heterocycles. The summed E-state index contributed by atoms with van der Waals surface area (Å²) >= 11 is 0. The van der Waals surface area contributed by atoms with E-state index in [-0.39, 0.29) is 12.4 Å². The van der Waals surface area contributed by atoms with Crippen LogP contribution in [-0.4, -0.2) is 36.1 Å². The van der Waals surface area contributed by atoms with Crippen molar-refractivity contribution in [2.45, 2.75) is 6.54 Å². The fraction of sp³-hybridized carbons (Fsp3) is 0.667. The number of H-pyrrole nitrogens is 1. The first-order valence-electron chi connectivity index (χ1n) is 3.04. The zero-order valence-corrected chi connectivity index (χ0v) is 7.09. The summed E-state index contributed by atoms with van der Waals surface area (Å²) in [6.45, 7) is 0.0136. The minimum atomic E-state index is -3.42. The Bertz CT molecular complexity index is 317. The van der Waals surface area contributed by atoms with E-state index in [9.17, 15) is 8.42 Å². The van der Waals surface area contributed by atoms with Crippen molar-refractivity contribution < 1.29 is 8.42 Å². The number of nitrogens with zero attached hydrogens (tertiary/aromatic N) is 3. The first-order chi connectivity index (χ1) is 5.64. The summed E-state index contributed by atoms with van der Waals surface area (Å²) < 4.78 is 25.8. The second-order valence-corrected chi connectivity index (χ2v) is 3.56. The maximum atomic E-state index is 10.8. The predicted molar refractivity (Wildman–Crippen MR) is 39.0 cm³/mol. The van der Waals surface area contributed by atoms with Crippen molar-refractivity contribution in [3.8, 4) is 0 Å². The first kappa shape index (κ1) is 9.03. The molecule has 0 fully saturated rings. The third-order valence-corrected chi connectivity index (χ3v) is 2.14. The molecule has 0 amide bonds. The molecule has 0 unspecified atom stereocenters. The fourth-order valence-electron chi connectivity index (χ4n) is 0.489. The van der Waals surface area contributed by atoms with Crippen LogP contribution < -0.4 is 9.44 Å². The van der Waals surface area contributed by atoms with Gasteiger partial charge in [-0.3, -0.25) is 0 Å². The molecule has 0 radical (unpaired) electrons. The van der Waals surface area contributed by atoms with E-state index in [1.807, 2.05) is 0 Å². The van der Waals surface area contributed by atoms with Gasteiger partial charge in [0.2, 0.25) is 0 Å². The number of nitrogens with one attached hydrogen (secondary N) is 3. The van der Waals surface area contributed by atoms with Crippen molar-refractivity contribution >= 4 is 10.2 Å². The molecule has 68 valence electrons. The van der Waals surface area contributed by atoms with Crippen molar-refractivity contribution in [2.75, 3.05) is 7.05 Å². The summed E-state index contributed by atoms with van der Waals surface area (Å²) in [7, 11) is -2.11. The van der Waals surface area contributed by atoms with Crippen LogP contribution in [0.3, 0.4) is 0 Å². The van der Waals surface area contributed by atoms with Gasteiger partial charge in [-0.2, -0.15) is 18.4 Å². The number of hydrogen-bond acceptors (Lipinski definition) is 5. The van der Waals surface area contributed by atoms with Crippen LogP contribution in [0.25, 0.3) is 0 Å². The normalized spacial score (nSPS) is 11.8. The van der Waals surface area contributed by atoms with Crippen molar-refractivity contribution in [3.63, 3.8) is 0 Å². The van der Waals surface area contributed by atoms with Crippen molar-refractivity contribution in [2.24, 2.45) is 0 Å². The van der Waals surface area contributed by atoms with Gasteiger partial charge in [-0.1, -0.05) is 5.21 Å². The van der Waals surface area contributed by atoms with Crippen LogP contribution in [0.1, 0.15) is 5.82 Å². The summed E-state index contributed by atoms with van der Waals surface area (Å²) in [5.74, 6) is 0.286. The molecule has 0 saturated heterocycles. The fourth-order valence-corrected chi connectivity index (χ4v) is 0.953. The third kappa shape index (κ3) is 2.53. The number of rotatable bonds is 4. The lowest BCUT2D eigenvalue weighted by Gasteiger charge is -2.00. The van der Waals surface area contributed by atoms with Crippen LogP contribution in [0.5, 0.6) is 0 Å². The van der Waals surface area contributed by atoms with E-state index < -0.39 is 10.2 Å². The molecule has 1 aromatic rings. The van der Waals surface area contributed by atoms with Gasteiger partial charge in [-0.05, 0) is 0 Å². The molecule has 0 saturated carbocycles. The minimum absolute atomic E-state index is 0.0136. The summed E-state index contributed by atoms with van der Waals surface area (Å²) in [6.07, 6.45) is 0. The van der Waals surface area contributed by atoms with Crippen LogP contribution in [0, 0.1) is 0 Å². The highest BCUT2D eigenvalue weighted by molar-refractivity contribution is 7.87. The zero-order valence-electron chi connectivity index (χ0n) is 6.27. The summed E-state index contributed by atoms with van der Waals surface area (Å²) in [6, 6.07) is 0. The van der Waals surface area contributed by atoms with Gasteiger partial charge in [0.05, 0.1) is 6.54 Å². The predicted octanol–water partition coefficient (Wildman–Crippen LogP) is -2.25. The molecule has 0 bridgehead atoms. The number of tetrazole rings is 1. The van der Waals surface area contributed by atoms with Gasteiger partial charge in [0.15, 0.2) is 5.82 Å². The molecular weight excluding hydrogens is 184 g/mol. The van der Waals surface area contributed by atoms with Gasteiger partial charge in [-0.15, -0.1) is 10.2 Å². The van der Waals surface area contributed by atoms with E-state index in [0.717, 1.165) is 0 Å². The van der Waals surface area contributed by atoms with Gasteiger partial charge in [0, 0.05) is 7.05 Å². The Morgan fingerprint density at radius 1 is 1.58 bits per heavy atom. The second kappa shape index (κ2) is 3.56. The first-order valence-corrected chi connectivity index (χ1v) is 4.53. The molecule has 0 atom stereocenters. The Kier molecular flexibility index (Phi) is 2.68. The lowest BCUT2D eigenvalue weighted by molar-refractivity contribution is 0.571. The van der Waals surface area contributed by atoms with Crippen LogP contribution in [0.15, 0.2) is 0 Å². The lowest BCUT2D eigenvalue weighted by Crippen LogP contribution is -2.33. The van der Waals surface area contributed by atoms with Crippen LogP contribution in [0.2, 0.25) is 0 Å². The highest BCUT2D eigenvalue weighted by atomic mass is 32.2. The molecule has 0 aromatic carbocycles. The van der Waals surface area contributed by atoms with Crippen molar-refractivity contribution in [1.29, 1.82) is 0 Å². The van der Waals surface area contributed by atoms with E-state index >= 15 is 0 Å². The van der Waals surface area contributed by atoms with Crippen molar-refractivity contribution in [3.05, 3.63) is 5.82 Å². The lowest BCUT2D eigenvalue weighted by atomic mass is 10.7. The Hall–Kier alpha value is -1.06. The average Bonchev–Trinajstić information content (AvgIpc) is 2.53. The largest absolute Gasteiger partial charge is 0.277 e. The van der Waals surface area contributed by atoms with Gasteiger partial charge in [0.1, 0.15) is 0 Å². The van der Waals surface area contributed by atoms with E-state index in [0.29, 0.717) is 0 Å². The molecule has 0 aliphatic rings. The standard InChI is InChI=1S/C3H8N6O2S/c1-4-12(10,11)5-2-3-6-8-9-7-3/h4-5H,2H2,1H3,(H,6,7,8,9). The number of aromatic amines is 1. The number of hydrogen-bond donors (Lipinski definition) is 3. The zero-order chi connectivity index (χ0) is 9.03. The molecule has 8 nitrogen and oxygen atoms in total. The second-order valence-electron chi connectivity index (χ2n) is 1.86. The Balaban J connectivity index is 2.47. The van der Waals surface area contributed by atoms with E-state index in [2.05, 4.69) is 30.1 Å². The quantitative estimate of drug-likeness (QED) is 0.499. The van der Waals surface area contributed by atoms with Gasteiger partial charge < -0.3 is 0 Å².